The van der Waals surface area contributed by atoms with E-state index in [-0.39, 0.29) is 27.4 Å². The first-order valence-electron chi connectivity index (χ1n) is 5.03. The van der Waals surface area contributed by atoms with Gasteiger partial charge in [-0.05, 0) is 12.1 Å². The third-order valence-corrected chi connectivity index (χ3v) is 2.39. The Morgan fingerprint density at radius 3 is 2.42 bits per heavy atom. The second kappa shape index (κ2) is 4.37. The molecule has 0 aliphatic rings. The molecule has 2 aromatic rings. The Hall–Kier alpha value is -2.96. The zero-order chi connectivity index (χ0) is 14.2. The zero-order valence-corrected chi connectivity index (χ0v) is 9.32. The summed E-state index contributed by atoms with van der Waals surface area (Å²) in [5.41, 5.74) is -0.247. The lowest BCUT2D eigenvalue weighted by atomic mass is 10.2. The van der Waals surface area contributed by atoms with Gasteiger partial charge < -0.3 is 24.8 Å². The topological polar surface area (TPSA) is 128 Å². The van der Waals surface area contributed by atoms with Crippen molar-refractivity contribution in [3.63, 3.8) is 0 Å². The van der Waals surface area contributed by atoms with Gasteiger partial charge in [0.2, 0.25) is 5.76 Å². The Morgan fingerprint density at radius 2 is 1.84 bits per heavy atom. The number of carboxylic acids is 2. The van der Waals surface area contributed by atoms with E-state index in [1.165, 1.54) is 18.2 Å². The van der Waals surface area contributed by atoms with Crippen molar-refractivity contribution in [2.45, 2.75) is 0 Å². The summed E-state index contributed by atoms with van der Waals surface area (Å²) < 4.78 is 5.12. The molecule has 1 heterocycles. The lowest BCUT2D eigenvalue weighted by Gasteiger charge is -1.91. The number of hydrogen-bond acceptors (Lipinski definition) is 5. The van der Waals surface area contributed by atoms with Gasteiger partial charge >= 0.3 is 11.9 Å². The SMILES string of the molecule is O=C(O)/C=c1\oc2cc(O)ccc2\c1=C(/O)C(=O)O. The van der Waals surface area contributed by atoms with Gasteiger partial charge in [0.1, 0.15) is 16.7 Å². The highest BCUT2D eigenvalue weighted by atomic mass is 16.4. The third-order valence-electron chi connectivity index (χ3n) is 2.39. The van der Waals surface area contributed by atoms with E-state index in [0.717, 1.165) is 0 Å². The maximum atomic E-state index is 10.8. The third kappa shape index (κ3) is 2.21. The average molecular weight is 264 g/mol. The Balaban J connectivity index is 3.05. The van der Waals surface area contributed by atoms with Crippen LogP contribution < -0.4 is 10.6 Å². The molecular formula is C12H8O7. The summed E-state index contributed by atoms with van der Waals surface area (Å²) in [6, 6.07) is 3.77. The number of hydrogen-bond donors (Lipinski definition) is 4. The lowest BCUT2D eigenvalue weighted by molar-refractivity contribution is -0.132. The molecule has 4 N–H and O–H groups in total. The van der Waals surface area contributed by atoms with E-state index in [1.807, 2.05) is 0 Å². The van der Waals surface area contributed by atoms with Crippen LogP contribution >= 0.6 is 0 Å². The Labute approximate surface area is 104 Å². The summed E-state index contributed by atoms with van der Waals surface area (Å²) in [5.74, 6) is -4.14. The summed E-state index contributed by atoms with van der Waals surface area (Å²) in [4.78, 5) is 21.5. The minimum absolute atomic E-state index is 0.0651. The van der Waals surface area contributed by atoms with Crippen molar-refractivity contribution >= 4 is 34.7 Å². The molecule has 0 fully saturated rings. The van der Waals surface area contributed by atoms with Crippen LogP contribution in [0.25, 0.3) is 22.8 Å². The zero-order valence-electron chi connectivity index (χ0n) is 9.32. The van der Waals surface area contributed by atoms with Crippen LogP contribution in [-0.2, 0) is 9.59 Å². The van der Waals surface area contributed by atoms with E-state index < -0.39 is 17.7 Å². The van der Waals surface area contributed by atoms with Crippen LogP contribution in [0.4, 0.5) is 0 Å². The first-order valence-corrected chi connectivity index (χ1v) is 5.03. The number of rotatable bonds is 2. The highest BCUT2D eigenvalue weighted by Gasteiger charge is 2.14. The first kappa shape index (κ1) is 12.5. The fourth-order valence-corrected chi connectivity index (χ4v) is 1.67. The molecular weight excluding hydrogens is 256 g/mol. The molecule has 0 saturated carbocycles. The van der Waals surface area contributed by atoms with Gasteiger partial charge in [-0.2, -0.15) is 0 Å². The minimum Gasteiger partial charge on any atom is -0.508 e. The summed E-state index contributed by atoms with van der Waals surface area (Å²) >= 11 is 0. The van der Waals surface area contributed by atoms with Gasteiger partial charge in [0, 0.05) is 11.5 Å². The molecule has 19 heavy (non-hydrogen) atoms. The summed E-state index contributed by atoms with van der Waals surface area (Å²) in [5, 5.41) is 36.2. The van der Waals surface area contributed by atoms with Gasteiger partial charge in [-0.3, -0.25) is 0 Å². The van der Waals surface area contributed by atoms with Crippen molar-refractivity contribution < 1.29 is 34.4 Å². The Bertz CT molecular complexity index is 797. The standard InChI is InChI=1S/C12H8O7/c13-5-1-2-6-7(3-5)19-8(4-9(14)15)10(6)11(16)12(17)18/h1-4,13,16H,(H,14,15)(H,17,18)/b8-4-,11-10+. The molecule has 0 saturated heterocycles. The van der Waals surface area contributed by atoms with Crippen molar-refractivity contribution in [1.82, 2.24) is 0 Å². The van der Waals surface area contributed by atoms with Crippen molar-refractivity contribution in [1.29, 1.82) is 0 Å². The van der Waals surface area contributed by atoms with Crippen LogP contribution in [0, 0.1) is 0 Å². The number of aliphatic hydroxyl groups excluding tert-OH is 1. The summed E-state index contributed by atoms with van der Waals surface area (Å²) in [6.45, 7) is 0. The van der Waals surface area contributed by atoms with Gasteiger partial charge in [-0.25, -0.2) is 9.59 Å². The van der Waals surface area contributed by atoms with Crippen LogP contribution in [-0.4, -0.2) is 32.4 Å². The van der Waals surface area contributed by atoms with Crippen LogP contribution in [0.1, 0.15) is 0 Å². The van der Waals surface area contributed by atoms with E-state index in [4.69, 9.17) is 14.6 Å². The van der Waals surface area contributed by atoms with Gasteiger partial charge in [0.05, 0.1) is 11.3 Å². The molecule has 0 radical (unpaired) electrons. The Morgan fingerprint density at radius 1 is 1.16 bits per heavy atom. The predicted octanol–water partition coefficient (Wildman–Crippen LogP) is -0.246. The first-order chi connectivity index (χ1) is 8.90. The van der Waals surface area contributed by atoms with Crippen LogP contribution in [0.2, 0.25) is 0 Å². The maximum absolute atomic E-state index is 10.8. The van der Waals surface area contributed by atoms with Crippen LogP contribution in [0.5, 0.6) is 5.75 Å². The number of fused-ring (bicyclic) bond motifs is 1. The molecule has 0 aliphatic heterocycles. The summed E-state index contributed by atoms with van der Waals surface area (Å²) in [7, 11) is 0. The van der Waals surface area contributed by atoms with Crippen molar-refractivity contribution in [2.24, 2.45) is 0 Å². The number of phenolic OH excluding ortho intramolecular Hbond substituents is 1. The molecule has 0 bridgehead atoms. The van der Waals surface area contributed by atoms with E-state index >= 15 is 0 Å². The van der Waals surface area contributed by atoms with Gasteiger partial charge in [0.15, 0.2) is 0 Å². The number of furan rings is 1. The van der Waals surface area contributed by atoms with E-state index in [9.17, 15) is 19.8 Å². The molecule has 0 aliphatic carbocycles. The number of carbonyl (C=O) groups is 2. The number of benzene rings is 1. The fraction of sp³-hybridized carbons (Fsp3) is 0. The molecule has 0 atom stereocenters. The van der Waals surface area contributed by atoms with E-state index in [2.05, 4.69) is 0 Å². The number of aromatic hydroxyl groups is 1. The van der Waals surface area contributed by atoms with Gasteiger partial charge in [-0.15, -0.1) is 0 Å². The quantitative estimate of drug-likeness (QED) is 0.589. The lowest BCUT2D eigenvalue weighted by Crippen LogP contribution is -2.27. The predicted molar refractivity (Wildman–Crippen MR) is 62.9 cm³/mol. The van der Waals surface area contributed by atoms with E-state index in [1.54, 1.807) is 0 Å². The largest absolute Gasteiger partial charge is 0.508 e. The van der Waals surface area contributed by atoms with Crippen LogP contribution in [0.15, 0.2) is 22.6 Å². The molecule has 7 heteroatoms. The Kier molecular flexibility index (Phi) is 2.88. The second-order valence-electron chi connectivity index (χ2n) is 3.66. The normalized spacial score (nSPS) is 13.6. The second-order valence-corrected chi connectivity index (χ2v) is 3.66. The molecule has 0 spiro atoms. The highest BCUT2D eigenvalue weighted by Crippen LogP contribution is 2.16. The molecule has 2 rings (SSSR count). The average Bonchev–Trinajstić information content (AvgIpc) is 2.63. The molecule has 98 valence electrons. The molecule has 1 aromatic heterocycles. The summed E-state index contributed by atoms with van der Waals surface area (Å²) in [6.07, 6.45) is 0.630. The van der Waals surface area contributed by atoms with Crippen LogP contribution in [0.3, 0.4) is 0 Å². The van der Waals surface area contributed by atoms with Gasteiger partial charge in [0.25, 0.3) is 0 Å². The molecule has 7 nitrogen and oxygen atoms in total. The number of aliphatic hydroxyl groups is 1. The van der Waals surface area contributed by atoms with E-state index in [0.29, 0.717) is 6.08 Å². The fourth-order valence-electron chi connectivity index (χ4n) is 1.67. The smallest absolute Gasteiger partial charge is 0.371 e. The maximum Gasteiger partial charge on any atom is 0.371 e. The van der Waals surface area contributed by atoms with Crippen molar-refractivity contribution in [2.75, 3.05) is 0 Å². The van der Waals surface area contributed by atoms with Gasteiger partial charge in [-0.1, -0.05) is 0 Å². The monoisotopic (exact) mass is 264 g/mol. The van der Waals surface area contributed by atoms with Crippen molar-refractivity contribution in [3.8, 4) is 5.75 Å². The van der Waals surface area contributed by atoms with Crippen molar-refractivity contribution in [3.05, 3.63) is 28.8 Å². The molecule has 0 amide bonds. The molecule has 1 aromatic carbocycles. The number of carboxylic acid groups (broad SMARTS) is 2. The highest BCUT2D eigenvalue weighted by molar-refractivity contribution is 6.07. The number of aliphatic carboxylic acids is 2. The minimum atomic E-state index is -1.61. The number of phenols is 1. The molecule has 0 unspecified atom stereocenters.